The van der Waals surface area contributed by atoms with Crippen LogP contribution >= 0.6 is 0 Å². The van der Waals surface area contributed by atoms with Crippen molar-refractivity contribution in [2.45, 2.75) is 0 Å². The van der Waals surface area contributed by atoms with Crippen molar-refractivity contribution in [1.82, 2.24) is 15.0 Å². The smallest absolute Gasteiger partial charge is 0.207 e. The Morgan fingerprint density at radius 2 is 2.10 bits per heavy atom. The fraction of sp³-hybridized carbons (Fsp3) is 0.357. The molecule has 1 fully saturated rings. The van der Waals surface area contributed by atoms with E-state index < -0.39 is 0 Å². The summed E-state index contributed by atoms with van der Waals surface area (Å²) in [6.45, 7) is 2.70. The van der Waals surface area contributed by atoms with Crippen LogP contribution in [0.15, 0.2) is 24.3 Å². The minimum Gasteiger partial charge on any atom is -0.497 e. The molecule has 7 nitrogen and oxygen atoms in total. The van der Waals surface area contributed by atoms with Crippen LogP contribution in [0.5, 0.6) is 5.75 Å². The predicted molar refractivity (Wildman–Crippen MR) is 75.7 cm³/mol. The van der Waals surface area contributed by atoms with Crippen LogP contribution in [0.1, 0.15) is 5.69 Å². The van der Waals surface area contributed by atoms with Gasteiger partial charge in [-0.2, -0.15) is 5.26 Å². The Labute approximate surface area is 122 Å². The molecule has 2 aromatic rings. The van der Waals surface area contributed by atoms with Crippen molar-refractivity contribution in [1.29, 1.82) is 5.26 Å². The monoisotopic (exact) mass is 285 g/mol. The van der Waals surface area contributed by atoms with Gasteiger partial charge in [0.05, 0.1) is 26.0 Å². The van der Waals surface area contributed by atoms with Gasteiger partial charge < -0.3 is 14.4 Å². The average molecular weight is 285 g/mol. The lowest BCUT2D eigenvalue weighted by Gasteiger charge is -2.26. The average Bonchev–Trinajstić information content (AvgIpc) is 3.00. The molecule has 3 rings (SSSR count). The zero-order valence-electron chi connectivity index (χ0n) is 11.7. The summed E-state index contributed by atoms with van der Waals surface area (Å²) in [5.74, 6) is 1.32. The van der Waals surface area contributed by atoms with Gasteiger partial charge in [0.2, 0.25) is 5.69 Å². The van der Waals surface area contributed by atoms with Crippen LogP contribution in [0.25, 0.3) is 5.69 Å². The standard InChI is InChI=1S/C14H15N5O2/c1-20-12-4-2-3-11(9-12)19-16-13(10-15)14(17-19)18-5-7-21-8-6-18/h2-4,9H,5-8H2,1H3. The number of hydrogen-bond acceptors (Lipinski definition) is 6. The highest BCUT2D eigenvalue weighted by Gasteiger charge is 2.20. The summed E-state index contributed by atoms with van der Waals surface area (Å²) in [5.41, 5.74) is 1.07. The molecule has 0 N–H and O–H groups in total. The van der Waals surface area contributed by atoms with Crippen molar-refractivity contribution < 1.29 is 9.47 Å². The van der Waals surface area contributed by atoms with Gasteiger partial charge in [0, 0.05) is 19.2 Å². The van der Waals surface area contributed by atoms with Crippen LogP contribution < -0.4 is 9.64 Å². The maximum atomic E-state index is 9.26. The summed E-state index contributed by atoms with van der Waals surface area (Å²) in [7, 11) is 1.61. The van der Waals surface area contributed by atoms with Crippen LogP contribution in [0.4, 0.5) is 5.82 Å². The zero-order chi connectivity index (χ0) is 14.7. The Hall–Kier alpha value is -2.59. The third kappa shape index (κ3) is 2.66. The Balaban J connectivity index is 1.96. The number of anilines is 1. The van der Waals surface area contributed by atoms with E-state index in [1.807, 2.05) is 29.2 Å². The van der Waals surface area contributed by atoms with Gasteiger partial charge in [0.15, 0.2) is 5.82 Å². The highest BCUT2D eigenvalue weighted by molar-refractivity contribution is 5.51. The second-order valence-electron chi connectivity index (χ2n) is 4.57. The molecule has 1 aromatic heterocycles. The molecule has 0 radical (unpaired) electrons. The Bertz CT molecular complexity index is 670. The molecule has 7 heteroatoms. The van der Waals surface area contributed by atoms with Gasteiger partial charge in [-0.05, 0) is 12.1 Å². The summed E-state index contributed by atoms with van der Waals surface area (Å²) in [4.78, 5) is 3.48. The van der Waals surface area contributed by atoms with Gasteiger partial charge in [0.25, 0.3) is 0 Å². The maximum absolute atomic E-state index is 9.26. The Kier molecular flexibility index (Phi) is 3.71. The summed E-state index contributed by atoms with van der Waals surface area (Å²) >= 11 is 0. The maximum Gasteiger partial charge on any atom is 0.207 e. The normalized spacial score (nSPS) is 14.8. The molecule has 2 heterocycles. The lowest BCUT2D eigenvalue weighted by atomic mass is 10.3. The highest BCUT2D eigenvalue weighted by Crippen LogP contribution is 2.20. The largest absolute Gasteiger partial charge is 0.497 e. The predicted octanol–water partition coefficient (Wildman–Crippen LogP) is 0.984. The molecular formula is C14H15N5O2. The fourth-order valence-electron chi connectivity index (χ4n) is 2.21. The van der Waals surface area contributed by atoms with Crippen LogP contribution in [-0.2, 0) is 4.74 Å². The van der Waals surface area contributed by atoms with Gasteiger partial charge in [-0.25, -0.2) is 0 Å². The van der Waals surface area contributed by atoms with Crippen molar-refractivity contribution >= 4 is 5.82 Å². The highest BCUT2D eigenvalue weighted by atomic mass is 16.5. The second kappa shape index (κ2) is 5.81. The van der Waals surface area contributed by atoms with E-state index in [0.29, 0.717) is 37.8 Å². The van der Waals surface area contributed by atoms with Crippen molar-refractivity contribution in [2.24, 2.45) is 0 Å². The van der Waals surface area contributed by atoms with Gasteiger partial charge in [-0.15, -0.1) is 15.0 Å². The van der Waals surface area contributed by atoms with Crippen LogP contribution in [0.3, 0.4) is 0 Å². The molecule has 0 saturated carbocycles. The van der Waals surface area contributed by atoms with Crippen molar-refractivity contribution in [3.05, 3.63) is 30.0 Å². The summed E-state index contributed by atoms with van der Waals surface area (Å²) in [5, 5.41) is 18.0. The van der Waals surface area contributed by atoms with E-state index >= 15 is 0 Å². The fourth-order valence-corrected chi connectivity index (χ4v) is 2.21. The van der Waals surface area contributed by atoms with E-state index in [1.54, 1.807) is 7.11 Å². The SMILES string of the molecule is COc1cccc(-n2nc(C#N)c(N3CCOCC3)n2)c1. The summed E-state index contributed by atoms with van der Waals surface area (Å²) < 4.78 is 10.5. The van der Waals surface area contributed by atoms with Gasteiger partial charge in [0.1, 0.15) is 11.8 Å². The first-order valence-electron chi connectivity index (χ1n) is 6.66. The van der Waals surface area contributed by atoms with Gasteiger partial charge in [-0.3, -0.25) is 0 Å². The quantitative estimate of drug-likeness (QED) is 0.837. The molecule has 1 aromatic carbocycles. The topological polar surface area (TPSA) is 76.2 Å². The number of methoxy groups -OCH3 is 1. The third-order valence-electron chi connectivity index (χ3n) is 3.30. The third-order valence-corrected chi connectivity index (χ3v) is 3.30. The molecule has 1 aliphatic heterocycles. The van der Waals surface area contributed by atoms with E-state index in [9.17, 15) is 5.26 Å². The Morgan fingerprint density at radius 3 is 2.81 bits per heavy atom. The number of ether oxygens (including phenoxy) is 2. The van der Waals surface area contributed by atoms with E-state index in [0.717, 1.165) is 11.4 Å². The molecule has 108 valence electrons. The molecule has 0 bridgehead atoms. The first kappa shape index (κ1) is 13.4. The minimum absolute atomic E-state index is 0.319. The van der Waals surface area contributed by atoms with Crippen LogP contribution in [0, 0.1) is 11.3 Å². The molecule has 0 aliphatic carbocycles. The number of benzene rings is 1. The summed E-state index contributed by atoms with van der Waals surface area (Å²) in [6, 6.07) is 9.50. The Morgan fingerprint density at radius 1 is 1.29 bits per heavy atom. The molecule has 0 amide bonds. The number of aromatic nitrogens is 3. The molecular weight excluding hydrogens is 270 g/mol. The van der Waals surface area contributed by atoms with Crippen molar-refractivity contribution in [3.63, 3.8) is 0 Å². The van der Waals surface area contributed by atoms with E-state index in [2.05, 4.69) is 16.3 Å². The lowest BCUT2D eigenvalue weighted by Crippen LogP contribution is -2.37. The minimum atomic E-state index is 0.319. The first-order valence-corrected chi connectivity index (χ1v) is 6.66. The van der Waals surface area contributed by atoms with Crippen molar-refractivity contribution in [3.8, 4) is 17.5 Å². The van der Waals surface area contributed by atoms with Crippen LogP contribution in [-0.4, -0.2) is 48.4 Å². The number of hydrogen-bond donors (Lipinski definition) is 0. The zero-order valence-corrected chi connectivity index (χ0v) is 11.7. The van der Waals surface area contributed by atoms with Gasteiger partial charge >= 0.3 is 0 Å². The number of rotatable bonds is 3. The van der Waals surface area contributed by atoms with E-state index in [4.69, 9.17) is 9.47 Å². The first-order chi connectivity index (χ1) is 10.3. The van der Waals surface area contributed by atoms with E-state index in [1.165, 1.54) is 4.80 Å². The van der Waals surface area contributed by atoms with E-state index in [-0.39, 0.29) is 0 Å². The molecule has 0 atom stereocenters. The molecule has 21 heavy (non-hydrogen) atoms. The van der Waals surface area contributed by atoms with Crippen LogP contribution in [0.2, 0.25) is 0 Å². The van der Waals surface area contributed by atoms with Crippen molar-refractivity contribution in [2.75, 3.05) is 38.3 Å². The summed E-state index contributed by atoms with van der Waals surface area (Å²) in [6.07, 6.45) is 0. The molecule has 0 spiro atoms. The number of morpholine rings is 1. The number of nitrogens with zero attached hydrogens (tertiary/aromatic N) is 5. The van der Waals surface area contributed by atoms with Gasteiger partial charge in [-0.1, -0.05) is 6.07 Å². The lowest BCUT2D eigenvalue weighted by molar-refractivity contribution is 0.122. The number of nitriles is 1. The molecule has 1 aliphatic rings. The molecule has 0 unspecified atom stereocenters. The molecule has 1 saturated heterocycles. The second-order valence-corrected chi connectivity index (χ2v) is 4.57.